The maximum absolute atomic E-state index is 12.1. The standard InChI is InChI=1S/C18H27NO7/c1-18(2,3)26-17(22)19-12(15(20)16(21)25-6)9-11-7-8-13(23-4)14(10-11)24-5/h7-8,10,12,15,20H,9H2,1-6H3,(H,19,22). The summed E-state index contributed by atoms with van der Waals surface area (Å²) in [7, 11) is 4.18. The topological polar surface area (TPSA) is 103 Å². The minimum Gasteiger partial charge on any atom is -0.493 e. The van der Waals surface area contributed by atoms with Crippen LogP contribution >= 0.6 is 0 Å². The summed E-state index contributed by atoms with van der Waals surface area (Å²) in [5.41, 5.74) is 0.000399. The maximum atomic E-state index is 12.1. The van der Waals surface area contributed by atoms with Crippen LogP contribution in [0.1, 0.15) is 26.3 Å². The number of aliphatic hydroxyl groups is 1. The monoisotopic (exact) mass is 369 g/mol. The summed E-state index contributed by atoms with van der Waals surface area (Å²) >= 11 is 0. The molecule has 0 bridgehead atoms. The van der Waals surface area contributed by atoms with Crippen molar-refractivity contribution in [1.29, 1.82) is 0 Å². The Bertz CT molecular complexity index is 624. The van der Waals surface area contributed by atoms with E-state index in [1.165, 1.54) is 14.2 Å². The van der Waals surface area contributed by atoms with Gasteiger partial charge in [-0.05, 0) is 44.9 Å². The predicted octanol–water partition coefficient (Wildman–Crippen LogP) is 1.67. The van der Waals surface area contributed by atoms with Crippen LogP contribution in [0.3, 0.4) is 0 Å². The summed E-state index contributed by atoms with van der Waals surface area (Å²) in [6.07, 6.45) is -2.15. The second kappa shape index (κ2) is 9.28. The highest BCUT2D eigenvalue weighted by molar-refractivity contribution is 5.77. The summed E-state index contributed by atoms with van der Waals surface area (Å²) in [5, 5.41) is 12.7. The quantitative estimate of drug-likeness (QED) is 0.705. The van der Waals surface area contributed by atoms with Crippen molar-refractivity contribution in [3.63, 3.8) is 0 Å². The first kappa shape index (κ1) is 21.6. The third kappa shape index (κ3) is 6.44. The first-order valence-corrected chi connectivity index (χ1v) is 8.07. The molecule has 8 heteroatoms. The molecule has 0 saturated heterocycles. The molecule has 1 aromatic carbocycles. The van der Waals surface area contributed by atoms with Crippen molar-refractivity contribution < 1.29 is 33.6 Å². The van der Waals surface area contributed by atoms with Crippen molar-refractivity contribution in [2.75, 3.05) is 21.3 Å². The molecule has 1 rings (SSSR count). The summed E-state index contributed by atoms with van der Waals surface area (Å²) < 4.78 is 20.2. The van der Waals surface area contributed by atoms with Gasteiger partial charge in [-0.1, -0.05) is 6.07 Å². The molecule has 26 heavy (non-hydrogen) atoms. The van der Waals surface area contributed by atoms with Crippen molar-refractivity contribution in [2.24, 2.45) is 0 Å². The Morgan fingerprint density at radius 1 is 1.12 bits per heavy atom. The van der Waals surface area contributed by atoms with Crippen molar-refractivity contribution in [2.45, 2.75) is 44.9 Å². The van der Waals surface area contributed by atoms with Gasteiger partial charge in [0.15, 0.2) is 17.6 Å². The molecule has 2 atom stereocenters. The van der Waals surface area contributed by atoms with Crippen LogP contribution in [-0.4, -0.2) is 56.2 Å². The minimum absolute atomic E-state index is 0.149. The molecule has 2 N–H and O–H groups in total. The number of carbonyl (C=O) groups excluding carboxylic acids is 2. The Kier molecular flexibility index (Phi) is 7.70. The van der Waals surface area contributed by atoms with Gasteiger partial charge >= 0.3 is 12.1 Å². The van der Waals surface area contributed by atoms with Gasteiger partial charge in [-0.3, -0.25) is 0 Å². The number of hydrogen-bond donors (Lipinski definition) is 2. The van der Waals surface area contributed by atoms with E-state index in [4.69, 9.17) is 14.2 Å². The van der Waals surface area contributed by atoms with E-state index in [0.717, 1.165) is 7.11 Å². The van der Waals surface area contributed by atoms with Gasteiger partial charge in [-0.2, -0.15) is 0 Å². The number of rotatable bonds is 7. The van der Waals surface area contributed by atoms with Crippen molar-refractivity contribution in [3.8, 4) is 11.5 Å². The maximum Gasteiger partial charge on any atom is 0.407 e. The summed E-state index contributed by atoms with van der Waals surface area (Å²) in [5.74, 6) is 0.182. The number of alkyl carbamates (subject to hydrolysis) is 1. The number of nitrogens with one attached hydrogen (secondary N) is 1. The average molecular weight is 369 g/mol. The first-order chi connectivity index (χ1) is 12.1. The zero-order chi connectivity index (χ0) is 19.9. The Hall–Kier alpha value is -2.48. The van der Waals surface area contributed by atoms with Crippen LogP contribution in [0.25, 0.3) is 0 Å². The highest BCUT2D eigenvalue weighted by atomic mass is 16.6. The number of amides is 1. The second-order valence-corrected chi connectivity index (χ2v) is 6.61. The Balaban J connectivity index is 3.01. The smallest absolute Gasteiger partial charge is 0.407 e. The lowest BCUT2D eigenvalue weighted by Gasteiger charge is -2.26. The van der Waals surface area contributed by atoms with E-state index in [1.807, 2.05) is 0 Å². The molecule has 0 heterocycles. The van der Waals surface area contributed by atoms with E-state index < -0.39 is 29.8 Å². The van der Waals surface area contributed by atoms with Crippen LogP contribution in [0.15, 0.2) is 18.2 Å². The molecule has 0 radical (unpaired) electrons. The van der Waals surface area contributed by atoms with E-state index in [0.29, 0.717) is 17.1 Å². The van der Waals surface area contributed by atoms with E-state index >= 15 is 0 Å². The Morgan fingerprint density at radius 2 is 1.73 bits per heavy atom. The van der Waals surface area contributed by atoms with E-state index in [1.54, 1.807) is 39.0 Å². The number of benzene rings is 1. The number of aliphatic hydroxyl groups excluding tert-OH is 1. The molecule has 146 valence electrons. The molecule has 2 unspecified atom stereocenters. The van der Waals surface area contributed by atoms with Crippen LogP contribution < -0.4 is 14.8 Å². The predicted molar refractivity (Wildman–Crippen MR) is 94.4 cm³/mol. The number of carbonyl (C=O) groups is 2. The van der Waals surface area contributed by atoms with Gasteiger partial charge in [0.1, 0.15) is 5.60 Å². The van der Waals surface area contributed by atoms with Crippen LogP contribution in [0.4, 0.5) is 4.79 Å². The third-order valence-electron chi connectivity index (χ3n) is 3.43. The average Bonchev–Trinajstić information content (AvgIpc) is 2.57. The third-order valence-corrected chi connectivity index (χ3v) is 3.43. The van der Waals surface area contributed by atoms with Gasteiger partial charge in [-0.25, -0.2) is 9.59 Å². The lowest BCUT2D eigenvalue weighted by Crippen LogP contribution is -2.50. The van der Waals surface area contributed by atoms with Crippen LogP contribution in [0, 0.1) is 0 Å². The largest absolute Gasteiger partial charge is 0.493 e. The van der Waals surface area contributed by atoms with Crippen LogP contribution in [0.2, 0.25) is 0 Å². The van der Waals surface area contributed by atoms with Gasteiger partial charge in [0, 0.05) is 0 Å². The summed E-state index contributed by atoms with van der Waals surface area (Å²) in [4.78, 5) is 23.8. The molecular formula is C18H27NO7. The Morgan fingerprint density at radius 3 is 2.23 bits per heavy atom. The molecule has 0 aliphatic rings. The van der Waals surface area contributed by atoms with Crippen molar-refractivity contribution in [1.82, 2.24) is 5.32 Å². The van der Waals surface area contributed by atoms with Gasteiger partial charge in [0.2, 0.25) is 0 Å². The second-order valence-electron chi connectivity index (χ2n) is 6.61. The summed E-state index contributed by atoms with van der Waals surface area (Å²) in [6.45, 7) is 5.14. The van der Waals surface area contributed by atoms with E-state index in [-0.39, 0.29) is 6.42 Å². The fourth-order valence-corrected chi connectivity index (χ4v) is 2.25. The molecule has 0 aromatic heterocycles. The highest BCUT2D eigenvalue weighted by Gasteiger charge is 2.30. The van der Waals surface area contributed by atoms with E-state index in [9.17, 15) is 14.7 Å². The molecule has 1 aromatic rings. The number of hydrogen-bond acceptors (Lipinski definition) is 7. The highest BCUT2D eigenvalue weighted by Crippen LogP contribution is 2.28. The van der Waals surface area contributed by atoms with E-state index in [2.05, 4.69) is 10.1 Å². The van der Waals surface area contributed by atoms with Crippen LogP contribution in [0.5, 0.6) is 11.5 Å². The normalized spacial score (nSPS) is 13.3. The molecule has 0 aliphatic heterocycles. The molecule has 8 nitrogen and oxygen atoms in total. The SMILES string of the molecule is COC(=O)C(O)C(Cc1ccc(OC)c(OC)c1)NC(=O)OC(C)(C)C. The van der Waals surface area contributed by atoms with Crippen molar-refractivity contribution in [3.05, 3.63) is 23.8 Å². The van der Waals surface area contributed by atoms with Gasteiger partial charge in [-0.15, -0.1) is 0 Å². The first-order valence-electron chi connectivity index (χ1n) is 8.07. The fraction of sp³-hybridized carbons (Fsp3) is 0.556. The van der Waals surface area contributed by atoms with Crippen LogP contribution in [-0.2, 0) is 20.7 Å². The number of methoxy groups -OCH3 is 3. The molecule has 0 fully saturated rings. The lowest BCUT2D eigenvalue weighted by atomic mass is 10.0. The zero-order valence-electron chi connectivity index (χ0n) is 16.0. The zero-order valence-corrected chi connectivity index (χ0v) is 16.0. The molecular weight excluding hydrogens is 342 g/mol. The molecule has 0 aliphatic carbocycles. The lowest BCUT2D eigenvalue weighted by molar-refractivity contribution is -0.151. The van der Waals surface area contributed by atoms with Crippen molar-refractivity contribution >= 4 is 12.1 Å². The number of ether oxygens (including phenoxy) is 4. The van der Waals surface area contributed by atoms with Gasteiger partial charge in [0.25, 0.3) is 0 Å². The fourth-order valence-electron chi connectivity index (χ4n) is 2.25. The number of esters is 1. The molecule has 0 spiro atoms. The summed E-state index contributed by atoms with van der Waals surface area (Å²) in [6, 6.07) is 4.20. The minimum atomic E-state index is -1.55. The molecule has 0 saturated carbocycles. The van der Waals surface area contributed by atoms with Gasteiger partial charge < -0.3 is 29.4 Å². The van der Waals surface area contributed by atoms with Gasteiger partial charge in [0.05, 0.1) is 27.4 Å². The Labute approximate surface area is 153 Å². The molecule has 1 amide bonds.